The summed E-state index contributed by atoms with van der Waals surface area (Å²) in [6.45, 7) is 2.06. The van der Waals surface area contributed by atoms with Crippen molar-refractivity contribution in [2.45, 2.75) is 19.4 Å². The molecule has 1 atom stereocenters. The standard InChI is InChI=1S/C16H15NO2S/c1-2-12(15-8-5-9-20-15)17-16(18)14-10-11-6-3-4-7-13(11)19-14/h3-10,12H,2H2,1H3,(H,17,18). The molecule has 102 valence electrons. The second-order valence-electron chi connectivity index (χ2n) is 4.60. The highest BCUT2D eigenvalue weighted by Gasteiger charge is 2.17. The Hall–Kier alpha value is -2.07. The van der Waals surface area contributed by atoms with E-state index in [1.165, 1.54) is 0 Å². The van der Waals surface area contributed by atoms with Crippen molar-refractivity contribution in [3.05, 3.63) is 58.5 Å². The smallest absolute Gasteiger partial charge is 0.287 e. The molecule has 0 fully saturated rings. The summed E-state index contributed by atoms with van der Waals surface area (Å²) < 4.78 is 5.58. The van der Waals surface area contributed by atoms with E-state index in [1.54, 1.807) is 17.4 Å². The fourth-order valence-corrected chi connectivity index (χ4v) is 3.05. The molecule has 3 aromatic rings. The molecule has 0 aliphatic heterocycles. The molecule has 20 heavy (non-hydrogen) atoms. The van der Waals surface area contributed by atoms with Gasteiger partial charge >= 0.3 is 0 Å². The highest BCUT2D eigenvalue weighted by Crippen LogP contribution is 2.23. The molecule has 0 bridgehead atoms. The molecule has 0 radical (unpaired) electrons. The number of amides is 1. The van der Waals surface area contributed by atoms with E-state index in [2.05, 4.69) is 12.2 Å². The van der Waals surface area contributed by atoms with Crippen LogP contribution in [0, 0.1) is 0 Å². The minimum Gasteiger partial charge on any atom is -0.451 e. The predicted octanol–water partition coefficient (Wildman–Crippen LogP) is 4.38. The van der Waals surface area contributed by atoms with Crippen molar-refractivity contribution in [3.8, 4) is 0 Å². The van der Waals surface area contributed by atoms with Crippen molar-refractivity contribution in [3.63, 3.8) is 0 Å². The molecule has 1 aromatic carbocycles. The lowest BCUT2D eigenvalue weighted by Crippen LogP contribution is -2.27. The number of hydrogen-bond donors (Lipinski definition) is 1. The van der Waals surface area contributed by atoms with Crippen molar-refractivity contribution in [1.29, 1.82) is 0 Å². The number of fused-ring (bicyclic) bond motifs is 1. The molecule has 0 spiro atoms. The Bertz CT molecular complexity index is 682. The minimum atomic E-state index is -0.165. The average molecular weight is 285 g/mol. The number of carbonyl (C=O) groups is 1. The summed E-state index contributed by atoms with van der Waals surface area (Å²) in [5, 5.41) is 5.99. The molecule has 3 rings (SSSR count). The van der Waals surface area contributed by atoms with E-state index in [0.717, 1.165) is 22.3 Å². The van der Waals surface area contributed by atoms with Gasteiger partial charge in [0, 0.05) is 10.3 Å². The van der Waals surface area contributed by atoms with Crippen LogP contribution in [0.1, 0.15) is 34.8 Å². The lowest BCUT2D eigenvalue weighted by molar-refractivity contribution is 0.0910. The van der Waals surface area contributed by atoms with Gasteiger partial charge in [0.05, 0.1) is 6.04 Å². The summed E-state index contributed by atoms with van der Waals surface area (Å²) >= 11 is 1.65. The second-order valence-corrected chi connectivity index (χ2v) is 5.58. The minimum absolute atomic E-state index is 0.0377. The van der Waals surface area contributed by atoms with E-state index in [-0.39, 0.29) is 11.9 Å². The van der Waals surface area contributed by atoms with Crippen LogP contribution in [0.5, 0.6) is 0 Å². The maximum absolute atomic E-state index is 12.3. The van der Waals surface area contributed by atoms with Crippen LogP contribution < -0.4 is 5.32 Å². The fourth-order valence-electron chi connectivity index (χ4n) is 2.19. The van der Waals surface area contributed by atoms with Gasteiger partial charge in [-0.3, -0.25) is 4.79 Å². The zero-order valence-corrected chi connectivity index (χ0v) is 11.9. The molecule has 0 saturated carbocycles. The number of hydrogen-bond acceptors (Lipinski definition) is 3. The summed E-state index contributed by atoms with van der Waals surface area (Å²) in [5.74, 6) is 0.197. The number of thiophene rings is 1. The normalized spacial score (nSPS) is 12.4. The quantitative estimate of drug-likeness (QED) is 0.773. The highest BCUT2D eigenvalue weighted by atomic mass is 32.1. The molecule has 0 aliphatic rings. The van der Waals surface area contributed by atoms with Crippen LogP contribution in [-0.4, -0.2) is 5.91 Å². The lowest BCUT2D eigenvalue weighted by atomic mass is 10.2. The first-order valence-electron chi connectivity index (χ1n) is 6.60. The monoisotopic (exact) mass is 285 g/mol. The Morgan fingerprint density at radius 1 is 1.30 bits per heavy atom. The molecule has 2 aromatic heterocycles. The molecule has 3 nitrogen and oxygen atoms in total. The van der Waals surface area contributed by atoms with Gasteiger partial charge in [0.15, 0.2) is 5.76 Å². The zero-order valence-electron chi connectivity index (χ0n) is 11.1. The summed E-state index contributed by atoms with van der Waals surface area (Å²) in [7, 11) is 0. The molecule has 1 N–H and O–H groups in total. The van der Waals surface area contributed by atoms with E-state index in [1.807, 2.05) is 41.8 Å². The molecular weight excluding hydrogens is 270 g/mol. The Kier molecular flexibility index (Phi) is 3.56. The number of furan rings is 1. The number of nitrogens with one attached hydrogen (secondary N) is 1. The van der Waals surface area contributed by atoms with E-state index in [4.69, 9.17) is 4.42 Å². The van der Waals surface area contributed by atoms with E-state index in [0.29, 0.717) is 5.76 Å². The van der Waals surface area contributed by atoms with E-state index in [9.17, 15) is 4.79 Å². The third kappa shape index (κ3) is 2.47. The first kappa shape index (κ1) is 12.9. The molecular formula is C16H15NO2S. The molecule has 0 saturated heterocycles. The van der Waals surface area contributed by atoms with Crippen molar-refractivity contribution in [2.24, 2.45) is 0 Å². The highest BCUT2D eigenvalue weighted by molar-refractivity contribution is 7.10. The number of para-hydroxylation sites is 1. The van der Waals surface area contributed by atoms with Crippen LogP contribution in [-0.2, 0) is 0 Å². The summed E-state index contributed by atoms with van der Waals surface area (Å²) in [6.07, 6.45) is 0.854. The predicted molar refractivity (Wildman–Crippen MR) is 81.0 cm³/mol. The van der Waals surface area contributed by atoms with E-state index >= 15 is 0 Å². The number of rotatable bonds is 4. The first-order chi connectivity index (χ1) is 9.78. The van der Waals surface area contributed by atoms with Crippen molar-refractivity contribution < 1.29 is 9.21 Å². The van der Waals surface area contributed by atoms with Gasteiger partial charge in [0.25, 0.3) is 5.91 Å². The van der Waals surface area contributed by atoms with Gasteiger partial charge in [-0.15, -0.1) is 11.3 Å². The van der Waals surface area contributed by atoms with Crippen LogP contribution in [0.2, 0.25) is 0 Å². The maximum atomic E-state index is 12.3. The van der Waals surface area contributed by atoms with Crippen molar-refractivity contribution >= 4 is 28.2 Å². The van der Waals surface area contributed by atoms with Crippen LogP contribution >= 0.6 is 11.3 Å². The summed E-state index contributed by atoms with van der Waals surface area (Å²) in [4.78, 5) is 13.4. The van der Waals surface area contributed by atoms with Crippen LogP contribution in [0.25, 0.3) is 11.0 Å². The molecule has 1 amide bonds. The summed E-state index contributed by atoms with van der Waals surface area (Å²) in [6, 6.07) is 13.5. The van der Waals surface area contributed by atoms with Crippen LogP contribution in [0.15, 0.2) is 52.3 Å². The Labute approximate surface area is 121 Å². The number of carbonyl (C=O) groups excluding carboxylic acids is 1. The van der Waals surface area contributed by atoms with Crippen molar-refractivity contribution in [2.75, 3.05) is 0 Å². The van der Waals surface area contributed by atoms with Gasteiger partial charge in [0.1, 0.15) is 5.58 Å². The topological polar surface area (TPSA) is 42.2 Å². The molecule has 4 heteroatoms. The Morgan fingerprint density at radius 2 is 2.15 bits per heavy atom. The Morgan fingerprint density at radius 3 is 2.85 bits per heavy atom. The molecule has 2 heterocycles. The maximum Gasteiger partial charge on any atom is 0.287 e. The van der Waals surface area contributed by atoms with Gasteiger partial charge in [0.2, 0.25) is 0 Å². The second kappa shape index (κ2) is 5.51. The average Bonchev–Trinajstić information content (AvgIpc) is 3.13. The van der Waals surface area contributed by atoms with Crippen LogP contribution in [0.3, 0.4) is 0 Å². The summed E-state index contributed by atoms with van der Waals surface area (Å²) in [5.41, 5.74) is 0.738. The van der Waals surface area contributed by atoms with Crippen molar-refractivity contribution in [1.82, 2.24) is 5.32 Å². The zero-order chi connectivity index (χ0) is 13.9. The fraction of sp³-hybridized carbons (Fsp3) is 0.188. The third-order valence-electron chi connectivity index (χ3n) is 3.25. The van der Waals surface area contributed by atoms with Gasteiger partial charge in [-0.1, -0.05) is 31.2 Å². The first-order valence-corrected chi connectivity index (χ1v) is 7.48. The van der Waals surface area contributed by atoms with Crippen LogP contribution in [0.4, 0.5) is 0 Å². The van der Waals surface area contributed by atoms with Gasteiger partial charge in [-0.05, 0) is 30.0 Å². The van der Waals surface area contributed by atoms with Gasteiger partial charge in [-0.2, -0.15) is 0 Å². The largest absolute Gasteiger partial charge is 0.451 e. The lowest BCUT2D eigenvalue weighted by Gasteiger charge is -2.14. The van der Waals surface area contributed by atoms with Gasteiger partial charge in [-0.25, -0.2) is 0 Å². The SMILES string of the molecule is CCC(NC(=O)c1cc2ccccc2o1)c1cccs1. The molecule has 0 aliphatic carbocycles. The third-order valence-corrected chi connectivity index (χ3v) is 4.24. The Balaban J connectivity index is 1.81. The van der Waals surface area contributed by atoms with E-state index < -0.39 is 0 Å². The molecule has 1 unspecified atom stereocenters. The van der Waals surface area contributed by atoms with Gasteiger partial charge < -0.3 is 9.73 Å². The number of benzene rings is 1.